The highest BCUT2D eigenvalue weighted by Crippen LogP contribution is 2.32. The number of hydrogen-bond donors (Lipinski definition) is 2. The summed E-state index contributed by atoms with van der Waals surface area (Å²) in [6, 6.07) is 6.91. The molecule has 0 spiro atoms. The molecule has 9 heteroatoms. The predicted molar refractivity (Wildman–Crippen MR) is 104 cm³/mol. The van der Waals surface area contributed by atoms with Gasteiger partial charge in [0, 0.05) is 12.3 Å². The molecule has 2 aromatic rings. The Morgan fingerprint density at radius 2 is 1.82 bits per heavy atom. The lowest BCUT2D eigenvalue weighted by atomic mass is 10.1. The Balaban J connectivity index is 1.80. The molecule has 2 heterocycles. The summed E-state index contributed by atoms with van der Waals surface area (Å²) in [6.07, 6.45) is 1.58. The fourth-order valence-electron chi connectivity index (χ4n) is 2.73. The number of sulfonamides is 1. The molecule has 28 heavy (non-hydrogen) atoms. The summed E-state index contributed by atoms with van der Waals surface area (Å²) >= 11 is 0. The molecule has 1 aromatic heterocycles. The number of rotatable bonds is 6. The van der Waals surface area contributed by atoms with Gasteiger partial charge >= 0.3 is 0 Å². The summed E-state index contributed by atoms with van der Waals surface area (Å²) in [5, 5.41) is 2.67. The third-order valence-corrected chi connectivity index (χ3v) is 5.66. The van der Waals surface area contributed by atoms with Gasteiger partial charge in [-0.15, -0.1) is 0 Å². The fraction of sp³-hybridized carbons (Fsp3) is 0.368. The van der Waals surface area contributed by atoms with E-state index < -0.39 is 22.0 Å². The van der Waals surface area contributed by atoms with Crippen LogP contribution < -0.4 is 19.5 Å². The summed E-state index contributed by atoms with van der Waals surface area (Å²) in [7, 11) is -3.95. The maximum Gasteiger partial charge on any atom is 0.243 e. The molecule has 8 nitrogen and oxygen atoms in total. The van der Waals surface area contributed by atoms with Crippen LogP contribution in [0.5, 0.6) is 11.5 Å². The highest BCUT2D eigenvalue weighted by molar-refractivity contribution is 7.89. The van der Waals surface area contributed by atoms with Crippen molar-refractivity contribution in [1.82, 2.24) is 9.71 Å². The van der Waals surface area contributed by atoms with Crippen LogP contribution in [-0.4, -0.2) is 38.6 Å². The molecule has 0 fully saturated rings. The molecule has 1 unspecified atom stereocenters. The quantitative estimate of drug-likeness (QED) is 0.762. The largest absolute Gasteiger partial charge is 0.486 e. The zero-order valence-corrected chi connectivity index (χ0v) is 16.7. The first-order chi connectivity index (χ1) is 13.3. The summed E-state index contributed by atoms with van der Waals surface area (Å²) in [4.78, 5) is 16.8. The van der Waals surface area contributed by atoms with Crippen molar-refractivity contribution in [2.75, 3.05) is 18.5 Å². The van der Waals surface area contributed by atoms with Gasteiger partial charge in [-0.3, -0.25) is 4.79 Å². The second-order valence-electron chi connectivity index (χ2n) is 6.86. The molecule has 0 bridgehead atoms. The number of benzene rings is 1. The van der Waals surface area contributed by atoms with E-state index in [0.29, 0.717) is 30.5 Å². The number of amides is 1. The Bertz CT molecular complexity index is 975. The van der Waals surface area contributed by atoms with Crippen LogP contribution in [0.1, 0.15) is 19.4 Å². The summed E-state index contributed by atoms with van der Waals surface area (Å²) < 4.78 is 39.0. The Morgan fingerprint density at radius 3 is 2.50 bits per heavy atom. The minimum Gasteiger partial charge on any atom is -0.486 e. The van der Waals surface area contributed by atoms with Gasteiger partial charge in [-0.05, 0) is 42.7 Å². The van der Waals surface area contributed by atoms with Crippen molar-refractivity contribution in [3.63, 3.8) is 0 Å². The van der Waals surface area contributed by atoms with E-state index in [2.05, 4.69) is 15.0 Å². The Labute approximate surface area is 164 Å². The Morgan fingerprint density at radius 1 is 1.11 bits per heavy atom. The molecule has 1 aliphatic rings. The van der Waals surface area contributed by atoms with Gasteiger partial charge in [0.2, 0.25) is 15.9 Å². The molecule has 1 atom stereocenters. The van der Waals surface area contributed by atoms with Crippen LogP contribution >= 0.6 is 0 Å². The number of hydrogen-bond acceptors (Lipinski definition) is 6. The van der Waals surface area contributed by atoms with Crippen LogP contribution in [-0.2, 0) is 14.8 Å². The molecular weight excluding hydrogens is 382 g/mol. The fourth-order valence-corrected chi connectivity index (χ4v) is 4.09. The number of carbonyl (C=O) groups is 1. The lowest BCUT2D eigenvalue weighted by Crippen LogP contribution is -2.47. The minimum atomic E-state index is -3.95. The van der Waals surface area contributed by atoms with Gasteiger partial charge in [-0.2, -0.15) is 4.72 Å². The van der Waals surface area contributed by atoms with Gasteiger partial charge in [0.1, 0.15) is 25.1 Å². The van der Waals surface area contributed by atoms with Crippen LogP contribution in [0.2, 0.25) is 0 Å². The number of nitrogens with zero attached hydrogens (tertiary/aromatic N) is 1. The molecular formula is C19H23N3O5S. The highest BCUT2D eigenvalue weighted by Gasteiger charge is 2.29. The number of anilines is 1. The van der Waals surface area contributed by atoms with Gasteiger partial charge in [-0.1, -0.05) is 13.8 Å². The van der Waals surface area contributed by atoms with E-state index in [4.69, 9.17) is 9.47 Å². The van der Waals surface area contributed by atoms with Gasteiger partial charge in [0.05, 0.1) is 4.90 Å². The first-order valence-corrected chi connectivity index (χ1v) is 10.4. The number of ether oxygens (including phenoxy) is 2. The SMILES string of the molecule is Cc1ccnc(NC(=O)C(NS(=O)(=O)c2ccc3c(c2)OCCO3)C(C)C)c1. The summed E-state index contributed by atoms with van der Waals surface area (Å²) in [5.41, 5.74) is 0.934. The van der Waals surface area contributed by atoms with Gasteiger partial charge in [0.15, 0.2) is 11.5 Å². The van der Waals surface area contributed by atoms with Crippen LogP contribution in [0.4, 0.5) is 5.82 Å². The molecule has 1 amide bonds. The lowest BCUT2D eigenvalue weighted by Gasteiger charge is -2.22. The predicted octanol–water partition coefficient (Wildman–Crippen LogP) is 2.10. The van der Waals surface area contributed by atoms with E-state index in [9.17, 15) is 13.2 Å². The second-order valence-corrected chi connectivity index (χ2v) is 8.57. The van der Waals surface area contributed by atoms with E-state index in [1.54, 1.807) is 38.2 Å². The number of carbonyl (C=O) groups excluding carboxylic acids is 1. The van der Waals surface area contributed by atoms with Crippen molar-refractivity contribution in [2.45, 2.75) is 31.7 Å². The van der Waals surface area contributed by atoms with E-state index >= 15 is 0 Å². The molecule has 2 N–H and O–H groups in total. The van der Waals surface area contributed by atoms with E-state index in [1.807, 2.05) is 6.92 Å². The summed E-state index contributed by atoms with van der Waals surface area (Å²) in [5.74, 6) is 0.470. The van der Waals surface area contributed by atoms with Crippen molar-refractivity contribution < 1.29 is 22.7 Å². The highest BCUT2D eigenvalue weighted by atomic mass is 32.2. The maximum absolute atomic E-state index is 12.8. The number of fused-ring (bicyclic) bond motifs is 1. The number of aryl methyl sites for hydroxylation is 1. The third-order valence-electron chi connectivity index (χ3n) is 4.22. The standard InChI is InChI=1S/C19H23N3O5S/c1-12(2)18(19(23)21-17-10-13(3)6-7-20-17)22-28(24,25)14-4-5-15-16(11-14)27-9-8-26-15/h4-7,10-12,18,22H,8-9H2,1-3H3,(H,20,21,23). The Kier molecular flexibility index (Phi) is 5.85. The van der Waals surface area contributed by atoms with Crippen molar-refractivity contribution >= 4 is 21.7 Å². The zero-order valence-electron chi connectivity index (χ0n) is 15.9. The molecule has 1 aliphatic heterocycles. The average molecular weight is 405 g/mol. The Hall–Kier alpha value is -2.65. The number of nitrogens with one attached hydrogen (secondary N) is 2. The van der Waals surface area contributed by atoms with Crippen molar-refractivity contribution in [3.05, 3.63) is 42.1 Å². The topological polar surface area (TPSA) is 107 Å². The monoisotopic (exact) mass is 405 g/mol. The zero-order chi connectivity index (χ0) is 20.3. The van der Waals surface area contributed by atoms with Gasteiger partial charge in [-0.25, -0.2) is 13.4 Å². The molecule has 3 rings (SSSR count). The van der Waals surface area contributed by atoms with Crippen molar-refractivity contribution in [2.24, 2.45) is 5.92 Å². The first kappa shape index (κ1) is 20.1. The molecule has 150 valence electrons. The van der Waals surface area contributed by atoms with E-state index in [-0.39, 0.29) is 10.8 Å². The smallest absolute Gasteiger partial charge is 0.243 e. The number of pyridine rings is 1. The molecule has 0 saturated heterocycles. The van der Waals surface area contributed by atoms with Crippen LogP contribution in [0, 0.1) is 12.8 Å². The molecule has 0 aliphatic carbocycles. The maximum atomic E-state index is 12.8. The molecule has 1 aromatic carbocycles. The van der Waals surface area contributed by atoms with Crippen LogP contribution in [0.15, 0.2) is 41.4 Å². The van der Waals surface area contributed by atoms with Crippen molar-refractivity contribution in [3.8, 4) is 11.5 Å². The second kappa shape index (κ2) is 8.15. The number of aromatic nitrogens is 1. The minimum absolute atomic E-state index is 0.00359. The van der Waals surface area contributed by atoms with Crippen LogP contribution in [0.25, 0.3) is 0 Å². The first-order valence-electron chi connectivity index (χ1n) is 8.92. The van der Waals surface area contributed by atoms with E-state index in [1.165, 1.54) is 12.1 Å². The summed E-state index contributed by atoms with van der Waals surface area (Å²) in [6.45, 7) is 6.17. The average Bonchev–Trinajstić information content (AvgIpc) is 2.65. The lowest BCUT2D eigenvalue weighted by molar-refractivity contribution is -0.118. The molecule has 0 saturated carbocycles. The van der Waals surface area contributed by atoms with Crippen molar-refractivity contribution in [1.29, 1.82) is 0 Å². The van der Waals surface area contributed by atoms with Gasteiger partial charge in [0.25, 0.3) is 0 Å². The third kappa shape index (κ3) is 4.60. The van der Waals surface area contributed by atoms with Crippen LogP contribution in [0.3, 0.4) is 0 Å². The molecule has 0 radical (unpaired) electrons. The van der Waals surface area contributed by atoms with E-state index in [0.717, 1.165) is 5.56 Å². The van der Waals surface area contributed by atoms with Gasteiger partial charge < -0.3 is 14.8 Å². The normalized spacial score (nSPS) is 14.6.